The quantitative estimate of drug-likeness (QED) is 0.798. The number of anilines is 2. The van der Waals surface area contributed by atoms with Crippen LogP contribution in [0.4, 0.5) is 11.8 Å². The Morgan fingerprint density at radius 1 is 1.00 bits per heavy atom. The zero-order valence-electron chi connectivity index (χ0n) is 16.5. The average Bonchev–Trinajstić information content (AvgIpc) is 3.24. The number of carbonyl (C=O) groups excluding carboxylic acids is 1. The van der Waals surface area contributed by atoms with Crippen LogP contribution in [-0.4, -0.2) is 84.6 Å². The third-order valence-corrected chi connectivity index (χ3v) is 6.21. The first kappa shape index (κ1) is 18.5. The molecule has 27 heavy (non-hydrogen) atoms. The number of likely N-dealkylation sites (tertiary alicyclic amines) is 1. The summed E-state index contributed by atoms with van der Waals surface area (Å²) in [5.41, 5.74) is 0. The number of amides is 1. The molecule has 0 unspecified atom stereocenters. The van der Waals surface area contributed by atoms with E-state index in [4.69, 9.17) is 4.98 Å². The van der Waals surface area contributed by atoms with E-state index in [2.05, 4.69) is 31.5 Å². The number of carbonyl (C=O) groups is 1. The zero-order chi connectivity index (χ0) is 18.6. The van der Waals surface area contributed by atoms with Gasteiger partial charge in [0.25, 0.3) is 0 Å². The van der Waals surface area contributed by atoms with E-state index in [9.17, 15) is 4.79 Å². The largest absolute Gasteiger partial charge is 0.356 e. The van der Waals surface area contributed by atoms with Crippen molar-refractivity contribution in [1.82, 2.24) is 19.8 Å². The Labute approximate surface area is 162 Å². The van der Waals surface area contributed by atoms with Gasteiger partial charge in [0.1, 0.15) is 5.82 Å². The number of rotatable bonds is 4. The van der Waals surface area contributed by atoms with Gasteiger partial charge in [0.05, 0.1) is 6.54 Å². The molecule has 0 bridgehead atoms. The SMILES string of the molecule is CC1CCN(C(=O)CN2CCN(c3nccc(N4CCCC4)n3)CC2)CC1. The summed E-state index contributed by atoms with van der Waals surface area (Å²) in [7, 11) is 0. The highest BCUT2D eigenvalue weighted by atomic mass is 16.2. The number of nitrogens with zero attached hydrogens (tertiary/aromatic N) is 6. The first-order valence-electron chi connectivity index (χ1n) is 10.5. The molecule has 4 rings (SSSR count). The van der Waals surface area contributed by atoms with Crippen LogP contribution in [0.2, 0.25) is 0 Å². The van der Waals surface area contributed by atoms with E-state index in [0.717, 1.165) is 82.9 Å². The summed E-state index contributed by atoms with van der Waals surface area (Å²) in [6.45, 7) is 10.4. The van der Waals surface area contributed by atoms with Crippen LogP contribution in [0.5, 0.6) is 0 Å². The van der Waals surface area contributed by atoms with Gasteiger partial charge in [-0.25, -0.2) is 4.98 Å². The van der Waals surface area contributed by atoms with Crippen molar-refractivity contribution in [1.29, 1.82) is 0 Å². The Bertz CT molecular complexity index is 631. The highest BCUT2D eigenvalue weighted by Gasteiger charge is 2.25. The van der Waals surface area contributed by atoms with Gasteiger partial charge in [-0.1, -0.05) is 6.92 Å². The van der Waals surface area contributed by atoms with Crippen LogP contribution < -0.4 is 9.80 Å². The van der Waals surface area contributed by atoms with Gasteiger partial charge in [-0.05, 0) is 37.7 Å². The minimum absolute atomic E-state index is 0.294. The van der Waals surface area contributed by atoms with Gasteiger partial charge in [0, 0.05) is 58.6 Å². The topological polar surface area (TPSA) is 55.8 Å². The van der Waals surface area contributed by atoms with E-state index in [0.29, 0.717) is 12.5 Å². The summed E-state index contributed by atoms with van der Waals surface area (Å²) < 4.78 is 0. The molecule has 1 aromatic heterocycles. The van der Waals surface area contributed by atoms with E-state index in [1.165, 1.54) is 12.8 Å². The highest BCUT2D eigenvalue weighted by Crippen LogP contribution is 2.20. The van der Waals surface area contributed by atoms with E-state index < -0.39 is 0 Å². The molecule has 0 aliphatic carbocycles. The first-order chi connectivity index (χ1) is 13.2. The molecule has 3 aliphatic rings. The molecule has 1 amide bonds. The molecule has 148 valence electrons. The Kier molecular flexibility index (Phi) is 5.76. The van der Waals surface area contributed by atoms with Gasteiger partial charge < -0.3 is 14.7 Å². The van der Waals surface area contributed by atoms with Crippen molar-refractivity contribution in [2.75, 3.05) is 68.7 Å². The second-order valence-electron chi connectivity index (χ2n) is 8.24. The van der Waals surface area contributed by atoms with Gasteiger partial charge in [0.2, 0.25) is 11.9 Å². The van der Waals surface area contributed by atoms with Crippen molar-refractivity contribution in [3.05, 3.63) is 12.3 Å². The summed E-state index contributed by atoms with van der Waals surface area (Å²) in [5.74, 6) is 2.93. The smallest absolute Gasteiger partial charge is 0.236 e. The molecule has 7 nitrogen and oxygen atoms in total. The molecule has 7 heteroatoms. The molecule has 1 aromatic rings. The third-order valence-electron chi connectivity index (χ3n) is 6.21. The minimum atomic E-state index is 0.294. The van der Waals surface area contributed by atoms with Gasteiger partial charge in [0.15, 0.2) is 0 Å². The van der Waals surface area contributed by atoms with Crippen LogP contribution in [0.3, 0.4) is 0 Å². The predicted molar refractivity (Wildman–Crippen MR) is 107 cm³/mol. The Morgan fingerprint density at radius 3 is 2.41 bits per heavy atom. The molecule has 0 aromatic carbocycles. The van der Waals surface area contributed by atoms with Crippen LogP contribution in [0.1, 0.15) is 32.6 Å². The van der Waals surface area contributed by atoms with Gasteiger partial charge in [-0.15, -0.1) is 0 Å². The average molecular weight is 373 g/mol. The fourth-order valence-electron chi connectivity index (χ4n) is 4.27. The first-order valence-corrected chi connectivity index (χ1v) is 10.5. The Balaban J connectivity index is 1.27. The van der Waals surface area contributed by atoms with Crippen LogP contribution >= 0.6 is 0 Å². The molecule has 0 spiro atoms. The summed E-state index contributed by atoms with van der Waals surface area (Å²) in [6.07, 6.45) is 6.67. The predicted octanol–water partition coefficient (Wildman–Crippen LogP) is 1.46. The summed E-state index contributed by atoms with van der Waals surface area (Å²) in [6, 6.07) is 2.02. The van der Waals surface area contributed by atoms with Crippen LogP contribution in [-0.2, 0) is 4.79 Å². The van der Waals surface area contributed by atoms with Crippen molar-refractivity contribution >= 4 is 17.7 Å². The maximum atomic E-state index is 12.6. The number of hydrogen-bond acceptors (Lipinski definition) is 6. The molecule has 4 heterocycles. The van der Waals surface area contributed by atoms with Gasteiger partial charge in [-0.2, -0.15) is 4.98 Å². The van der Waals surface area contributed by atoms with E-state index in [-0.39, 0.29) is 0 Å². The molecule has 3 fully saturated rings. The maximum Gasteiger partial charge on any atom is 0.236 e. The Morgan fingerprint density at radius 2 is 1.70 bits per heavy atom. The monoisotopic (exact) mass is 372 g/mol. The van der Waals surface area contributed by atoms with Crippen molar-refractivity contribution in [2.24, 2.45) is 5.92 Å². The molecule has 0 atom stereocenters. The molecule has 0 radical (unpaired) electrons. The molecule has 0 N–H and O–H groups in total. The maximum absolute atomic E-state index is 12.6. The van der Waals surface area contributed by atoms with Crippen LogP contribution in [0, 0.1) is 5.92 Å². The lowest BCUT2D eigenvalue weighted by Gasteiger charge is -2.36. The number of piperazine rings is 1. The van der Waals surface area contributed by atoms with Gasteiger partial charge in [-0.3, -0.25) is 9.69 Å². The fourth-order valence-corrected chi connectivity index (χ4v) is 4.27. The summed E-state index contributed by atoms with van der Waals surface area (Å²) in [5, 5.41) is 0. The molecular weight excluding hydrogens is 340 g/mol. The lowest BCUT2D eigenvalue weighted by atomic mass is 9.99. The Hall–Kier alpha value is -1.89. The van der Waals surface area contributed by atoms with Crippen molar-refractivity contribution < 1.29 is 4.79 Å². The summed E-state index contributed by atoms with van der Waals surface area (Å²) in [4.78, 5) is 30.8. The number of piperidine rings is 1. The third kappa shape index (κ3) is 4.51. The van der Waals surface area contributed by atoms with Crippen molar-refractivity contribution in [3.63, 3.8) is 0 Å². The lowest BCUT2D eigenvalue weighted by molar-refractivity contribution is -0.133. The van der Waals surface area contributed by atoms with Gasteiger partial charge >= 0.3 is 0 Å². The molecule has 3 aliphatic heterocycles. The molecule has 3 saturated heterocycles. The normalized spacial score (nSPS) is 22.5. The van der Waals surface area contributed by atoms with Crippen molar-refractivity contribution in [3.8, 4) is 0 Å². The zero-order valence-corrected chi connectivity index (χ0v) is 16.5. The minimum Gasteiger partial charge on any atom is -0.356 e. The standard InChI is InChI=1S/C20H32N6O/c1-17-5-10-25(11-6-17)19(27)16-23-12-14-26(15-13-23)20-21-7-4-18(22-20)24-8-2-3-9-24/h4,7,17H,2-3,5-6,8-16H2,1H3. The van der Waals surface area contributed by atoms with Crippen LogP contribution in [0.15, 0.2) is 12.3 Å². The number of hydrogen-bond donors (Lipinski definition) is 0. The van der Waals surface area contributed by atoms with E-state index in [1.54, 1.807) is 0 Å². The number of aromatic nitrogens is 2. The fraction of sp³-hybridized carbons (Fsp3) is 0.750. The summed E-state index contributed by atoms with van der Waals surface area (Å²) >= 11 is 0. The molecular formula is C20H32N6O. The van der Waals surface area contributed by atoms with E-state index >= 15 is 0 Å². The molecule has 0 saturated carbocycles. The second kappa shape index (κ2) is 8.42. The van der Waals surface area contributed by atoms with E-state index in [1.807, 2.05) is 12.3 Å². The second-order valence-corrected chi connectivity index (χ2v) is 8.24. The van der Waals surface area contributed by atoms with Crippen LogP contribution in [0.25, 0.3) is 0 Å². The van der Waals surface area contributed by atoms with Crippen molar-refractivity contribution in [2.45, 2.75) is 32.6 Å². The highest BCUT2D eigenvalue weighted by molar-refractivity contribution is 5.78. The lowest BCUT2D eigenvalue weighted by Crippen LogP contribution is -2.51.